The van der Waals surface area contributed by atoms with Crippen molar-refractivity contribution in [1.29, 1.82) is 0 Å². The van der Waals surface area contributed by atoms with Gasteiger partial charge < -0.3 is 10.1 Å². The quantitative estimate of drug-likeness (QED) is 0.423. The van der Waals surface area contributed by atoms with Crippen LogP contribution in [0.2, 0.25) is 5.02 Å². The molecule has 30 heavy (non-hydrogen) atoms. The largest absolute Gasteiger partial charge is 0.472 e. The molecule has 0 atom stereocenters. The van der Waals surface area contributed by atoms with E-state index in [1.807, 2.05) is 0 Å². The fraction of sp³-hybridized carbons (Fsp3) is 0.100. The molecular weight excluding hydrogens is 430 g/mol. The van der Waals surface area contributed by atoms with Gasteiger partial charge in [-0.05, 0) is 18.2 Å². The molecule has 3 aromatic rings. The van der Waals surface area contributed by atoms with Gasteiger partial charge in [-0.3, -0.25) is 14.0 Å². The maximum Gasteiger partial charge on any atom is 0.294 e. The minimum atomic E-state index is -4.57. The van der Waals surface area contributed by atoms with Gasteiger partial charge in [0.1, 0.15) is 11.5 Å². The fourth-order valence-electron chi connectivity index (χ4n) is 2.65. The number of carbonyl (C=O) groups excluding carboxylic acids is 1. The highest BCUT2D eigenvalue weighted by atomic mass is 35.5. The average molecular weight is 448 g/mol. The van der Waals surface area contributed by atoms with Crippen LogP contribution >= 0.6 is 11.6 Å². The molecule has 0 radical (unpaired) electrons. The van der Waals surface area contributed by atoms with Crippen LogP contribution in [0.4, 0.5) is 5.69 Å². The average Bonchev–Trinajstić information content (AvgIpc) is 3.11. The molecule has 8 nitrogen and oxygen atoms in total. The van der Waals surface area contributed by atoms with Gasteiger partial charge in [0.2, 0.25) is 5.88 Å². The Morgan fingerprint density at radius 3 is 2.63 bits per heavy atom. The third-order valence-corrected chi connectivity index (χ3v) is 5.41. The Morgan fingerprint density at radius 1 is 1.27 bits per heavy atom. The number of nitrogens with zero attached hydrogens (tertiary/aromatic N) is 2. The molecule has 0 fully saturated rings. The Bertz CT molecular complexity index is 1220. The van der Waals surface area contributed by atoms with Gasteiger partial charge in [0.05, 0.1) is 0 Å². The molecule has 1 heterocycles. The molecular formula is C20H18ClN3O5S. The lowest BCUT2D eigenvalue weighted by Gasteiger charge is -2.12. The lowest BCUT2D eigenvalue weighted by atomic mass is 10.1. The van der Waals surface area contributed by atoms with Crippen LogP contribution in [0.1, 0.15) is 11.1 Å². The monoisotopic (exact) mass is 447 g/mol. The molecule has 1 amide bonds. The van der Waals surface area contributed by atoms with E-state index in [0.717, 1.165) is 6.07 Å². The van der Waals surface area contributed by atoms with Gasteiger partial charge in [-0.15, -0.1) is 5.10 Å². The fourth-order valence-corrected chi connectivity index (χ4v) is 3.63. The third-order valence-electron chi connectivity index (χ3n) is 4.14. The summed E-state index contributed by atoms with van der Waals surface area (Å²) in [6.45, 7) is 3.60. The Kier molecular flexibility index (Phi) is 6.25. The van der Waals surface area contributed by atoms with Crippen LogP contribution in [-0.2, 0) is 28.6 Å². The van der Waals surface area contributed by atoms with Crippen molar-refractivity contribution >= 4 is 38.9 Å². The van der Waals surface area contributed by atoms with Crippen molar-refractivity contribution in [1.82, 2.24) is 9.78 Å². The van der Waals surface area contributed by atoms with Crippen LogP contribution in [0.3, 0.4) is 0 Å². The van der Waals surface area contributed by atoms with E-state index in [2.05, 4.69) is 17.0 Å². The standard InChI is InChI=1S/C20H18ClN3O5S/c1-13(16-5-3-4-6-17(16)21)20(25)22-15-8-7-14(18(11-15)30(26,27)28)12-29-19-9-10-24(2)23-19/h3-11H,1,12H2,2H3,(H,22,25)(H,26,27,28). The molecule has 156 valence electrons. The van der Waals surface area contributed by atoms with Crippen molar-refractivity contribution in [2.45, 2.75) is 11.5 Å². The number of ether oxygens (including phenoxy) is 1. The van der Waals surface area contributed by atoms with Crippen LogP contribution in [0, 0.1) is 0 Å². The Balaban J connectivity index is 1.81. The second-order valence-electron chi connectivity index (χ2n) is 6.33. The summed E-state index contributed by atoms with van der Waals surface area (Å²) in [7, 11) is -2.86. The predicted molar refractivity (Wildman–Crippen MR) is 113 cm³/mol. The summed E-state index contributed by atoms with van der Waals surface area (Å²) in [5.41, 5.74) is 0.914. The summed E-state index contributed by atoms with van der Waals surface area (Å²) in [6.07, 6.45) is 1.67. The van der Waals surface area contributed by atoms with Gasteiger partial charge in [0.15, 0.2) is 0 Å². The number of hydrogen-bond donors (Lipinski definition) is 2. The summed E-state index contributed by atoms with van der Waals surface area (Å²) < 4.78 is 40.3. The number of nitrogens with one attached hydrogen (secondary N) is 1. The van der Waals surface area contributed by atoms with E-state index in [-0.39, 0.29) is 28.3 Å². The maximum absolute atomic E-state index is 12.5. The first kappa shape index (κ1) is 21.6. The van der Waals surface area contributed by atoms with Crippen molar-refractivity contribution in [2.24, 2.45) is 7.05 Å². The zero-order valence-electron chi connectivity index (χ0n) is 15.9. The number of carbonyl (C=O) groups is 1. The predicted octanol–water partition coefficient (Wildman–Crippen LogP) is 3.55. The van der Waals surface area contributed by atoms with Gasteiger partial charge in [-0.2, -0.15) is 8.42 Å². The molecule has 10 heteroatoms. The van der Waals surface area contributed by atoms with Gasteiger partial charge in [-0.1, -0.05) is 42.4 Å². The normalized spacial score (nSPS) is 11.2. The number of hydrogen-bond acceptors (Lipinski definition) is 5. The molecule has 0 aliphatic heterocycles. The molecule has 1 aromatic heterocycles. The second kappa shape index (κ2) is 8.70. The Morgan fingerprint density at radius 2 is 2.00 bits per heavy atom. The number of aromatic nitrogens is 2. The molecule has 0 aliphatic rings. The first-order valence-corrected chi connectivity index (χ1v) is 10.4. The summed E-state index contributed by atoms with van der Waals surface area (Å²) in [5, 5.41) is 6.95. The molecule has 2 aromatic carbocycles. The van der Waals surface area contributed by atoms with Crippen molar-refractivity contribution in [3.63, 3.8) is 0 Å². The SMILES string of the molecule is C=C(C(=O)Nc1ccc(COc2ccn(C)n2)c(S(=O)(=O)O)c1)c1ccccc1Cl. The molecule has 3 rings (SSSR count). The van der Waals surface area contributed by atoms with Crippen LogP contribution in [0.15, 0.2) is 66.2 Å². The maximum atomic E-state index is 12.5. The molecule has 0 spiro atoms. The summed E-state index contributed by atoms with van der Waals surface area (Å²) in [4.78, 5) is 12.1. The highest BCUT2D eigenvalue weighted by Crippen LogP contribution is 2.26. The van der Waals surface area contributed by atoms with E-state index < -0.39 is 16.0 Å². The smallest absolute Gasteiger partial charge is 0.294 e. The number of halogens is 1. The molecule has 0 saturated carbocycles. The number of aryl methyl sites for hydroxylation is 1. The van der Waals surface area contributed by atoms with E-state index in [0.29, 0.717) is 16.5 Å². The molecule has 0 unspecified atom stereocenters. The topological polar surface area (TPSA) is 111 Å². The van der Waals surface area contributed by atoms with Crippen LogP contribution in [0.5, 0.6) is 5.88 Å². The Labute approximate surface area is 178 Å². The number of benzene rings is 2. The van der Waals surface area contributed by atoms with Gasteiger partial charge in [0, 0.05) is 46.7 Å². The van der Waals surface area contributed by atoms with Crippen molar-refractivity contribution in [3.05, 3.63) is 77.5 Å². The van der Waals surface area contributed by atoms with Crippen LogP contribution < -0.4 is 10.1 Å². The lowest BCUT2D eigenvalue weighted by molar-refractivity contribution is -0.111. The van der Waals surface area contributed by atoms with Crippen LogP contribution in [-0.4, -0.2) is 28.7 Å². The Hall–Kier alpha value is -3.14. The van der Waals surface area contributed by atoms with E-state index in [4.69, 9.17) is 16.3 Å². The molecule has 2 N–H and O–H groups in total. The van der Waals surface area contributed by atoms with E-state index >= 15 is 0 Å². The lowest BCUT2D eigenvalue weighted by Crippen LogP contribution is -2.14. The first-order chi connectivity index (χ1) is 14.1. The second-order valence-corrected chi connectivity index (χ2v) is 8.12. The molecule has 0 saturated heterocycles. The summed E-state index contributed by atoms with van der Waals surface area (Å²) in [6, 6.07) is 12.4. The van der Waals surface area contributed by atoms with Gasteiger partial charge >= 0.3 is 0 Å². The number of anilines is 1. The molecule has 0 aliphatic carbocycles. The van der Waals surface area contributed by atoms with E-state index in [9.17, 15) is 17.8 Å². The molecule has 0 bridgehead atoms. The summed E-state index contributed by atoms with van der Waals surface area (Å²) >= 11 is 6.09. The number of rotatable bonds is 7. The third kappa shape index (κ3) is 5.07. The minimum absolute atomic E-state index is 0.108. The van der Waals surface area contributed by atoms with Crippen molar-refractivity contribution in [3.8, 4) is 5.88 Å². The van der Waals surface area contributed by atoms with Crippen molar-refractivity contribution in [2.75, 3.05) is 5.32 Å². The van der Waals surface area contributed by atoms with Crippen LogP contribution in [0.25, 0.3) is 5.57 Å². The van der Waals surface area contributed by atoms with Gasteiger partial charge in [-0.25, -0.2) is 0 Å². The van der Waals surface area contributed by atoms with Crippen molar-refractivity contribution < 1.29 is 22.5 Å². The van der Waals surface area contributed by atoms with E-state index in [1.54, 1.807) is 43.6 Å². The first-order valence-electron chi connectivity index (χ1n) is 8.63. The van der Waals surface area contributed by atoms with Gasteiger partial charge in [0.25, 0.3) is 16.0 Å². The van der Waals surface area contributed by atoms with E-state index in [1.165, 1.54) is 16.8 Å². The zero-order valence-corrected chi connectivity index (χ0v) is 17.4. The highest BCUT2D eigenvalue weighted by molar-refractivity contribution is 7.85. The number of amides is 1. The zero-order chi connectivity index (χ0) is 21.9. The highest BCUT2D eigenvalue weighted by Gasteiger charge is 2.19. The minimum Gasteiger partial charge on any atom is -0.472 e. The summed E-state index contributed by atoms with van der Waals surface area (Å²) in [5.74, 6) is -0.269.